The van der Waals surface area contributed by atoms with Crippen molar-refractivity contribution in [3.63, 3.8) is 0 Å². The molecule has 27 heavy (non-hydrogen) atoms. The average Bonchev–Trinajstić information content (AvgIpc) is 2.95. The zero-order valence-electron chi connectivity index (χ0n) is 13.6. The van der Waals surface area contributed by atoms with Crippen LogP contribution >= 0.6 is 34.5 Å². The molecule has 10 heteroatoms. The molecule has 0 bridgehead atoms. The molecule has 1 amide bonds. The highest BCUT2D eigenvalue weighted by Gasteiger charge is 2.19. The summed E-state index contributed by atoms with van der Waals surface area (Å²) >= 11 is 13.3. The molecule has 0 saturated carbocycles. The van der Waals surface area contributed by atoms with Gasteiger partial charge in [-0.1, -0.05) is 40.6 Å². The second kappa shape index (κ2) is 7.75. The zero-order chi connectivity index (χ0) is 19.7. The van der Waals surface area contributed by atoms with Crippen LogP contribution in [0.3, 0.4) is 0 Å². The average molecular weight is 431 g/mol. The standard InChI is InChI=1S/C17H10Cl2F2N2O3S/c1-26-12(24)7-23-15-11(6-5-8(18)14(15)19)27-17(23)22-16(25)13-9(20)3-2-4-10(13)21/h2-6H,7H2,1H3. The minimum Gasteiger partial charge on any atom is -0.468 e. The predicted molar refractivity (Wildman–Crippen MR) is 98.1 cm³/mol. The van der Waals surface area contributed by atoms with Gasteiger partial charge in [0.05, 0.1) is 27.4 Å². The molecular formula is C17H10Cl2F2N2O3S. The second-order valence-corrected chi connectivity index (χ2v) is 7.06. The third-order valence-corrected chi connectivity index (χ3v) is 5.46. The van der Waals surface area contributed by atoms with Gasteiger partial charge in [-0.3, -0.25) is 9.59 Å². The van der Waals surface area contributed by atoms with Crippen LogP contribution in [0.25, 0.3) is 10.2 Å². The Morgan fingerprint density at radius 2 is 1.85 bits per heavy atom. The molecule has 0 aliphatic rings. The molecule has 0 radical (unpaired) electrons. The van der Waals surface area contributed by atoms with E-state index in [0.29, 0.717) is 10.2 Å². The summed E-state index contributed by atoms with van der Waals surface area (Å²) in [6.45, 7) is -0.317. The van der Waals surface area contributed by atoms with E-state index >= 15 is 0 Å². The SMILES string of the molecule is COC(=O)Cn1c(=NC(=O)c2c(F)cccc2F)sc2ccc(Cl)c(Cl)c21. The molecular weight excluding hydrogens is 421 g/mol. The summed E-state index contributed by atoms with van der Waals surface area (Å²) in [5, 5.41) is 0.388. The molecule has 5 nitrogen and oxygen atoms in total. The van der Waals surface area contributed by atoms with E-state index in [9.17, 15) is 18.4 Å². The van der Waals surface area contributed by atoms with Gasteiger partial charge in [-0.05, 0) is 24.3 Å². The molecule has 0 unspecified atom stereocenters. The summed E-state index contributed by atoms with van der Waals surface area (Å²) in [5.41, 5.74) is -0.427. The van der Waals surface area contributed by atoms with E-state index in [0.717, 1.165) is 29.5 Å². The summed E-state index contributed by atoms with van der Waals surface area (Å²) in [6, 6.07) is 6.23. The molecule has 0 aliphatic heterocycles. The molecule has 1 heterocycles. The lowest BCUT2D eigenvalue weighted by Crippen LogP contribution is -2.23. The Morgan fingerprint density at radius 1 is 1.19 bits per heavy atom. The van der Waals surface area contributed by atoms with Crippen molar-refractivity contribution in [2.24, 2.45) is 4.99 Å². The van der Waals surface area contributed by atoms with Crippen LogP contribution in [-0.4, -0.2) is 23.6 Å². The van der Waals surface area contributed by atoms with Gasteiger partial charge in [0.2, 0.25) is 0 Å². The van der Waals surface area contributed by atoms with Crippen LogP contribution in [0.15, 0.2) is 35.3 Å². The smallest absolute Gasteiger partial charge is 0.325 e. The molecule has 3 aromatic rings. The maximum atomic E-state index is 13.9. The third-order valence-electron chi connectivity index (χ3n) is 3.62. The van der Waals surface area contributed by atoms with Gasteiger partial charge in [-0.2, -0.15) is 4.99 Å². The first-order valence-corrected chi connectivity index (χ1v) is 8.98. The number of hydrogen-bond acceptors (Lipinski definition) is 4. The summed E-state index contributed by atoms with van der Waals surface area (Å²) in [5.74, 6) is -3.83. The van der Waals surface area contributed by atoms with E-state index in [-0.39, 0.29) is 21.4 Å². The van der Waals surface area contributed by atoms with Crippen LogP contribution in [0.1, 0.15) is 10.4 Å². The summed E-state index contributed by atoms with van der Waals surface area (Å²) in [4.78, 5) is 28.0. The Hall–Kier alpha value is -2.29. The zero-order valence-corrected chi connectivity index (χ0v) is 16.0. The number of benzene rings is 2. The Labute approximate surface area is 165 Å². The summed E-state index contributed by atoms with van der Waals surface area (Å²) in [6.07, 6.45) is 0. The molecule has 0 N–H and O–H groups in total. The van der Waals surface area contributed by atoms with Crippen molar-refractivity contribution in [3.8, 4) is 0 Å². The number of thiazole rings is 1. The lowest BCUT2D eigenvalue weighted by atomic mass is 10.2. The van der Waals surface area contributed by atoms with E-state index in [1.165, 1.54) is 11.7 Å². The highest BCUT2D eigenvalue weighted by atomic mass is 35.5. The molecule has 3 rings (SSSR count). The number of nitrogens with zero attached hydrogens (tertiary/aromatic N) is 2. The molecule has 1 aromatic heterocycles. The van der Waals surface area contributed by atoms with E-state index < -0.39 is 29.1 Å². The number of methoxy groups -OCH3 is 1. The van der Waals surface area contributed by atoms with Crippen LogP contribution in [0.2, 0.25) is 10.0 Å². The minimum atomic E-state index is -1.13. The molecule has 0 atom stereocenters. The van der Waals surface area contributed by atoms with E-state index in [1.54, 1.807) is 12.1 Å². The number of esters is 1. The summed E-state index contributed by atoms with van der Waals surface area (Å²) < 4.78 is 34.2. The first-order chi connectivity index (χ1) is 12.8. The fourth-order valence-electron chi connectivity index (χ4n) is 2.37. The van der Waals surface area contributed by atoms with Gasteiger partial charge in [0.25, 0.3) is 5.91 Å². The third kappa shape index (κ3) is 3.73. The Kier molecular flexibility index (Phi) is 5.59. The van der Waals surface area contributed by atoms with Crippen LogP contribution in [0, 0.1) is 11.6 Å². The van der Waals surface area contributed by atoms with Crippen molar-refractivity contribution in [1.29, 1.82) is 0 Å². The maximum Gasteiger partial charge on any atom is 0.325 e. The van der Waals surface area contributed by atoms with Crippen molar-refractivity contribution in [3.05, 3.63) is 62.4 Å². The van der Waals surface area contributed by atoms with Crippen LogP contribution < -0.4 is 4.80 Å². The molecule has 140 valence electrons. The van der Waals surface area contributed by atoms with Crippen LogP contribution in [0.4, 0.5) is 8.78 Å². The topological polar surface area (TPSA) is 60.7 Å². The largest absolute Gasteiger partial charge is 0.468 e. The lowest BCUT2D eigenvalue weighted by molar-refractivity contribution is -0.141. The van der Waals surface area contributed by atoms with Crippen molar-refractivity contribution >= 4 is 56.6 Å². The molecule has 0 aliphatic carbocycles. The Bertz CT molecular complexity index is 1120. The molecule has 0 spiro atoms. The number of hydrogen-bond donors (Lipinski definition) is 0. The monoisotopic (exact) mass is 430 g/mol. The number of aromatic nitrogens is 1. The number of halogens is 4. The quantitative estimate of drug-likeness (QED) is 0.584. The number of fused-ring (bicyclic) bond motifs is 1. The van der Waals surface area contributed by atoms with Crippen molar-refractivity contribution in [1.82, 2.24) is 4.57 Å². The van der Waals surface area contributed by atoms with Gasteiger partial charge < -0.3 is 9.30 Å². The van der Waals surface area contributed by atoms with Crippen LogP contribution in [0.5, 0.6) is 0 Å². The first-order valence-electron chi connectivity index (χ1n) is 7.40. The lowest BCUT2D eigenvalue weighted by Gasteiger charge is -2.06. The predicted octanol–water partition coefficient (Wildman–Crippen LogP) is 4.20. The molecule has 0 fully saturated rings. The van der Waals surface area contributed by atoms with Crippen molar-refractivity contribution in [2.45, 2.75) is 6.54 Å². The minimum absolute atomic E-state index is 0.0206. The Balaban J connectivity index is 2.25. The number of ether oxygens (including phenoxy) is 1. The van der Waals surface area contributed by atoms with Gasteiger partial charge in [0.15, 0.2) is 4.80 Å². The van der Waals surface area contributed by atoms with Crippen molar-refractivity contribution in [2.75, 3.05) is 7.11 Å². The van der Waals surface area contributed by atoms with Gasteiger partial charge in [-0.25, -0.2) is 8.78 Å². The highest BCUT2D eigenvalue weighted by molar-refractivity contribution is 7.16. The van der Waals surface area contributed by atoms with E-state index in [4.69, 9.17) is 23.2 Å². The highest BCUT2D eigenvalue weighted by Crippen LogP contribution is 2.32. The van der Waals surface area contributed by atoms with Crippen molar-refractivity contribution < 1.29 is 23.1 Å². The maximum absolute atomic E-state index is 13.9. The van der Waals surface area contributed by atoms with E-state index in [1.807, 2.05) is 0 Å². The first kappa shape index (κ1) is 19.5. The number of amides is 1. The fourth-order valence-corrected chi connectivity index (χ4v) is 3.89. The molecule has 2 aromatic carbocycles. The van der Waals surface area contributed by atoms with Gasteiger partial charge in [-0.15, -0.1) is 0 Å². The molecule has 0 saturated heterocycles. The Morgan fingerprint density at radius 3 is 2.48 bits per heavy atom. The number of carbonyl (C=O) groups excluding carboxylic acids is 2. The van der Waals surface area contributed by atoms with Gasteiger partial charge in [0, 0.05) is 0 Å². The van der Waals surface area contributed by atoms with E-state index in [2.05, 4.69) is 9.73 Å². The van der Waals surface area contributed by atoms with Crippen LogP contribution in [-0.2, 0) is 16.1 Å². The van der Waals surface area contributed by atoms with Gasteiger partial charge >= 0.3 is 5.97 Å². The number of rotatable bonds is 3. The fraction of sp³-hybridized carbons (Fsp3) is 0.118. The summed E-state index contributed by atoms with van der Waals surface area (Å²) in [7, 11) is 1.20. The second-order valence-electron chi connectivity index (χ2n) is 5.27. The van der Waals surface area contributed by atoms with Gasteiger partial charge in [0.1, 0.15) is 23.7 Å². The normalized spacial score (nSPS) is 11.8. The number of carbonyl (C=O) groups is 2.